The zero-order valence-electron chi connectivity index (χ0n) is 13.0. The highest BCUT2D eigenvalue weighted by atomic mass is 16.5. The van der Waals surface area contributed by atoms with Gasteiger partial charge in [0, 0.05) is 35.6 Å². The summed E-state index contributed by atoms with van der Waals surface area (Å²) in [6, 6.07) is 8.31. The molecule has 5 heteroatoms. The molecule has 1 fully saturated rings. The molecule has 3 aromatic rings. The lowest BCUT2D eigenvalue weighted by Crippen LogP contribution is -2.29. The minimum Gasteiger partial charge on any atom is -0.350 e. The molecular weight excluding hydrogens is 276 g/mol. The molecule has 0 radical (unpaired) electrons. The lowest BCUT2D eigenvalue weighted by molar-refractivity contribution is 0.227. The zero-order chi connectivity index (χ0) is 15.1. The maximum Gasteiger partial charge on any atom is 0.230 e. The summed E-state index contributed by atoms with van der Waals surface area (Å²) in [5, 5.41) is 5.40. The van der Waals surface area contributed by atoms with E-state index in [0.717, 1.165) is 37.4 Å². The number of para-hydroxylation sites is 1. The van der Waals surface area contributed by atoms with Crippen molar-refractivity contribution in [1.29, 1.82) is 0 Å². The van der Waals surface area contributed by atoms with Crippen molar-refractivity contribution in [3.8, 4) is 11.4 Å². The number of likely N-dealkylation sites (tertiary alicyclic amines) is 1. The van der Waals surface area contributed by atoms with Gasteiger partial charge in [-0.15, -0.1) is 0 Å². The fourth-order valence-corrected chi connectivity index (χ4v) is 3.29. The normalized spacial score (nSPS) is 17.4. The summed E-state index contributed by atoms with van der Waals surface area (Å²) in [6.07, 6.45) is 4.26. The number of hydrogen-bond donors (Lipinski definition) is 0. The molecule has 0 atom stereocenters. The van der Waals surface area contributed by atoms with Crippen LogP contribution in [0, 0.1) is 0 Å². The van der Waals surface area contributed by atoms with Crippen molar-refractivity contribution in [1.82, 2.24) is 19.6 Å². The lowest BCUT2D eigenvalue weighted by atomic mass is 9.97. The molecule has 4 rings (SSSR count). The zero-order valence-corrected chi connectivity index (χ0v) is 13.0. The molecule has 2 aromatic heterocycles. The van der Waals surface area contributed by atoms with Gasteiger partial charge in [-0.3, -0.25) is 0 Å². The minimum atomic E-state index is 0.396. The molecule has 0 N–H and O–H groups in total. The number of nitrogens with zero attached hydrogens (tertiary/aromatic N) is 4. The van der Waals surface area contributed by atoms with E-state index in [1.165, 1.54) is 10.9 Å². The highest BCUT2D eigenvalue weighted by Gasteiger charge is 2.24. The molecule has 1 saturated heterocycles. The second-order valence-electron chi connectivity index (χ2n) is 6.20. The summed E-state index contributed by atoms with van der Waals surface area (Å²) in [5.41, 5.74) is 2.23. The summed E-state index contributed by atoms with van der Waals surface area (Å²) in [6.45, 7) is 2.19. The molecule has 0 aliphatic carbocycles. The highest BCUT2D eigenvalue weighted by molar-refractivity contribution is 5.94. The summed E-state index contributed by atoms with van der Waals surface area (Å²) in [5.74, 6) is 1.88. The number of aryl methyl sites for hydroxylation is 1. The van der Waals surface area contributed by atoms with Gasteiger partial charge in [0.2, 0.25) is 11.7 Å². The van der Waals surface area contributed by atoms with Gasteiger partial charge in [0.1, 0.15) is 0 Å². The Kier molecular flexibility index (Phi) is 3.22. The molecule has 5 nitrogen and oxygen atoms in total. The van der Waals surface area contributed by atoms with Gasteiger partial charge in [-0.25, -0.2) is 0 Å². The van der Waals surface area contributed by atoms with E-state index in [2.05, 4.69) is 45.0 Å². The third-order valence-electron chi connectivity index (χ3n) is 4.65. The van der Waals surface area contributed by atoms with Gasteiger partial charge in [-0.1, -0.05) is 23.4 Å². The van der Waals surface area contributed by atoms with Crippen molar-refractivity contribution >= 4 is 10.9 Å². The fourth-order valence-electron chi connectivity index (χ4n) is 3.29. The number of rotatable bonds is 2. The van der Waals surface area contributed by atoms with Crippen molar-refractivity contribution in [3.63, 3.8) is 0 Å². The lowest BCUT2D eigenvalue weighted by Gasteiger charge is -2.26. The SMILES string of the molecule is CN1CCC(c2nc(-c3cn(C)c4ccccc34)no2)CC1. The molecule has 0 bridgehead atoms. The van der Waals surface area contributed by atoms with Crippen molar-refractivity contribution in [3.05, 3.63) is 36.4 Å². The molecule has 1 aliphatic rings. The average Bonchev–Trinajstić information content (AvgIpc) is 3.14. The van der Waals surface area contributed by atoms with E-state index in [4.69, 9.17) is 4.52 Å². The Labute approximate surface area is 129 Å². The van der Waals surface area contributed by atoms with Crippen LogP contribution in [0.25, 0.3) is 22.3 Å². The summed E-state index contributed by atoms with van der Waals surface area (Å²) in [4.78, 5) is 7.03. The van der Waals surface area contributed by atoms with Crippen molar-refractivity contribution in [2.75, 3.05) is 20.1 Å². The molecule has 1 aliphatic heterocycles. The second-order valence-corrected chi connectivity index (χ2v) is 6.20. The first-order valence-corrected chi connectivity index (χ1v) is 7.79. The molecule has 0 saturated carbocycles. The quantitative estimate of drug-likeness (QED) is 0.729. The minimum absolute atomic E-state index is 0.396. The maximum absolute atomic E-state index is 5.56. The van der Waals surface area contributed by atoms with E-state index < -0.39 is 0 Å². The third kappa shape index (κ3) is 2.22. The Morgan fingerprint density at radius 3 is 2.73 bits per heavy atom. The summed E-state index contributed by atoms with van der Waals surface area (Å²) >= 11 is 0. The topological polar surface area (TPSA) is 47.1 Å². The monoisotopic (exact) mass is 296 g/mol. The van der Waals surface area contributed by atoms with Crippen LogP contribution in [0.4, 0.5) is 0 Å². The Bertz CT molecular complexity index is 796. The van der Waals surface area contributed by atoms with Crippen LogP contribution in [0.1, 0.15) is 24.7 Å². The number of hydrogen-bond acceptors (Lipinski definition) is 4. The predicted molar refractivity (Wildman–Crippen MR) is 85.7 cm³/mol. The Morgan fingerprint density at radius 2 is 1.91 bits per heavy atom. The van der Waals surface area contributed by atoms with Crippen molar-refractivity contribution < 1.29 is 4.52 Å². The first kappa shape index (κ1) is 13.5. The number of fused-ring (bicyclic) bond motifs is 1. The highest BCUT2D eigenvalue weighted by Crippen LogP contribution is 2.31. The van der Waals surface area contributed by atoms with Gasteiger partial charge < -0.3 is 14.0 Å². The van der Waals surface area contributed by atoms with Crippen LogP contribution in [-0.4, -0.2) is 39.7 Å². The fraction of sp³-hybridized carbons (Fsp3) is 0.412. The van der Waals surface area contributed by atoms with Gasteiger partial charge in [0.25, 0.3) is 0 Å². The number of benzene rings is 1. The van der Waals surface area contributed by atoms with Gasteiger partial charge in [-0.2, -0.15) is 4.98 Å². The first-order valence-electron chi connectivity index (χ1n) is 7.79. The summed E-state index contributed by atoms with van der Waals surface area (Å²) in [7, 11) is 4.20. The third-order valence-corrected chi connectivity index (χ3v) is 4.65. The Hall–Kier alpha value is -2.14. The molecule has 0 amide bonds. The van der Waals surface area contributed by atoms with E-state index in [1.54, 1.807) is 0 Å². The molecule has 114 valence electrons. The Morgan fingerprint density at radius 1 is 1.14 bits per heavy atom. The maximum atomic E-state index is 5.56. The average molecular weight is 296 g/mol. The molecule has 0 spiro atoms. The molecule has 1 aromatic carbocycles. The van der Waals surface area contributed by atoms with E-state index in [-0.39, 0.29) is 0 Å². The number of piperidine rings is 1. The van der Waals surface area contributed by atoms with Crippen molar-refractivity contribution in [2.24, 2.45) is 7.05 Å². The van der Waals surface area contributed by atoms with Crippen molar-refractivity contribution in [2.45, 2.75) is 18.8 Å². The van der Waals surface area contributed by atoms with Gasteiger partial charge in [-0.05, 0) is 39.0 Å². The predicted octanol–water partition coefficient (Wildman–Crippen LogP) is 3.04. The van der Waals surface area contributed by atoms with E-state index in [1.807, 2.05) is 19.2 Å². The van der Waals surface area contributed by atoms with Gasteiger partial charge in [0.05, 0.1) is 0 Å². The van der Waals surface area contributed by atoms with Gasteiger partial charge >= 0.3 is 0 Å². The molecular formula is C17H20N4O. The van der Waals surface area contributed by atoms with Crippen LogP contribution in [0.15, 0.2) is 35.0 Å². The smallest absolute Gasteiger partial charge is 0.230 e. The van der Waals surface area contributed by atoms with Crippen LogP contribution in [0.5, 0.6) is 0 Å². The van der Waals surface area contributed by atoms with Gasteiger partial charge in [0.15, 0.2) is 0 Å². The molecule has 3 heterocycles. The van der Waals surface area contributed by atoms with E-state index >= 15 is 0 Å². The second kappa shape index (κ2) is 5.25. The van der Waals surface area contributed by atoms with Crippen LogP contribution < -0.4 is 0 Å². The van der Waals surface area contributed by atoms with Crippen LogP contribution in [0.2, 0.25) is 0 Å². The largest absolute Gasteiger partial charge is 0.350 e. The van der Waals surface area contributed by atoms with Crippen LogP contribution in [-0.2, 0) is 7.05 Å². The molecule has 22 heavy (non-hydrogen) atoms. The first-order chi connectivity index (χ1) is 10.7. The van der Waals surface area contributed by atoms with Crippen LogP contribution in [0.3, 0.4) is 0 Å². The Balaban J connectivity index is 1.68. The van der Waals surface area contributed by atoms with E-state index in [0.29, 0.717) is 11.7 Å². The van der Waals surface area contributed by atoms with E-state index in [9.17, 15) is 0 Å². The summed E-state index contributed by atoms with van der Waals surface area (Å²) < 4.78 is 7.67. The van der Waals surface area contributed by atoms with Crippen LogP contribution >= 0.6 is 0 Å². The number of aromatic nitrogens is 3. The molecule has 0 unspecified atom stereocenters. The standard InChI is InChI=1S/C17H20N4O/c1-20-9-7-12(8-10-20)17-18-16(19-22-17)14-11-21(2)15-6-4-3-5-13(14)15/h3-6,11-12H,7-10H2,1-2H3.